The Morgan fingerprint density at radius 1 is 1.40 bits per heavy atom. The predicted molar refractivity (Wildman–Crippen MR) is 78.3 cm³/mol. The molecule has 1 aromatic heterocycles. The quantitative estimate of drug-likeness (QED) is 0.844. The van der Waals surface area contributed by atoms with Crippen LogP contribution in [0, 0.1) is 0 Å². The maximum Gasteiger partial charge on any atom is 0.111 e. The first kappa shape index (κ1) is 14.8. The van der Waals surface area contributed by atoms with Gasteiger partial charge in [-0.05, 0) is 17.5 Å². The monoisotopic (exact) mass is 274 g/mol. The molecular weight excluding hydrogens is 252 g/mol. The van der Waals surface area contributed by atoms with Gasteiger partial charge in [-0.15, -0.1) is 0 Å². The molecule has 0 aliphatic rings. The molecule has 4 nitrogen and oxygen atoms in total. The molecule has 20 heavy (non-hydrogen) atoms. The maximum absolute atomic E-state index is 10.4. The van der Waals surface area contributed by atoms with Crippen LogP contribution in [-0.4, -0.2) is 21.8 Å². The van der Waals surface area contributed by atoms with Crippen molar-refractivity contribution >= 4 is 0 Å². The van der Waals surface area contributed by atoms with Crippen LogP contribution >= 0.6 is 0 Å². The lowest BCUT2D eigenvalue weighted by molar-refractivity contribution is 0.172. The second kappa shape index (κ2) is 7.22. The Bertz CT molecular complexity index is 537. The number of benzene rings is 1. The van der Waals surface area contributed by atoms with Gasteiger partial charge >= 0.3 is 0 Å². The van der Waals surface area contributed by atoms with Gasteiger partial charge in [-0.25, -0.2) is 4.98 Å². The summed E-state index contributed by atoms with van der Waals surface area (Å²) in [7, 11) is 1.67. The summed E-state index contributed by atoms with van der Waals surface area (Å²) in [6.07, 6.45) is 4.81. The molecule has 0 aliphatic heterocycles. The van der Waals surface area contributed by atoms with Crippen LogP contribution in [0.1, 0.15) is 36.4 Å². The third-order valence-corrected chi connectivity index (χ3v) is 3.29. The van der Waals surface area contributed by atoms with Gasteiger partial charge in [0.15, 0.2) is 0 Å². The van der Waals surface area contributed by atoms with E-state index in [1.54, 1.807) is 13.3 Å². The number of imidazole rings is 1. The first-order chi connectivity index (χ1) is 9.74. The van der Waals surface area contributed by atoms with Crippen LogP contribution in [0.2, 0.25) is 0 Å². The van der Waals surface area contributed by atoms with Gasteiger partial charge < -0.3 is 14.4 Å². The van der Waals surface area contributed by atoms with Crippen molar-refractivity contribution < 1.29 is 9.84 Å². The highest BCUT2D eigenvalue weighted by Crippen LogP contribution is 2.19. The zero-order chi connectivity index (χ0) is 14.4. The van der Waals surface area contributed by atoms with Gasteiger partial charge in [0.25, 0.3) is 0 Å². The number of hydrogen-bond donors (Lipinski definition) is 1. The van der Waals surface area contributed by atoms with Crippen molar-refractivity contribution in [1.29, 1.82) is 0 Å². The Hall–Kier alpha value is -1.65. The molecule has 0 spiro atoms. The van der Waals surface area contributed by atoms with E-state index in [9.17, 15) is 5.11 Å². The first-order valence-electron chi connectivity index (χ1n) is 7.00. The minimum atomic E-state index is -0.537. The average Bonchev–Trinajstić information content (AvgIpc) is 2.87. The largest absolute Gasteiger partial charge is 0.388 e. The fourth-order valence-corrected chi connectivity index (χ4v) is 2.32. The highest BCUT2D eigenvalue weighted by atomic mass is 16.5. The Morgan fingerprint density at radius 2 is 2.25 bits per heavy atom. The summed E-state index contributed by atoms with van der Waals surface area (Å²) in [5.41, 5.74) is 1.98. The smallest absolute Gasteiger partial charge is 0.111 e. The molecule has 0 saturated carbocycles. The summed E-state index contributed by atoms with van der Waals surface area (Å²) in [6, 6.07) is 7.88. The lowest BCUT2D eigenvalue weighted by Crippen LogP contribution is -2.09. The summed E-state index contributed by atoms with van der Waals surface area (Å²) in [5, 5.41) is 10.4. The number of methoxy groups -OCH3 is 1. The lowest BCUT2D eigenvalue weighted by Gasteiger charge is -2.13. The van der Waals surface area contributed by atoms with Crippen LogP contribution in [-0.2, 0) is 24.3 Å². The summed E-state index contributed by atoms with van der Waals surface area (Å²) >= 11 is 0. The topological polar surface area (TPSA) is 47.3 Å². The van der Waals surface area contributed by atoms with Crippen molar-refractivity contribution in [3.05, 3.63) is 53.6 Å². The Morgan fingerprint density at radius 3 is 3.00 bits per heavy atom. The van der Waals surface area contributed by atoms with Crippen LogP contribution in [0.5, 0.6) is 0 Å². The van der Waals surface area contributed by atoms with E-state index >= 15 is 0 Å². The number of nitrogens with zero attached hydrogens (tertiary/aromatic N) is 2. The summed E-state index contributed by atoms with van der Waals surface area (Å²) < 4.78 is 7.22. The van der Waals surface area contributed by atoms with Gasteiger partial charge in [-0.1, -0.05) is 31.2 Å². The molecule has 0 saturated heterocycles. The van der Waals surface area contributed by atoms with Gasteiger partial charge in [-0.2, -0.15) is 0 Å². The van der Waals surface area contributed by atoms with E-state index in [0.29, 0.717) is 13.0 Å². The minimum Gasteiger partial charge on any atom is -0.388 e. The van der Waals surface area contributed by atoms with Crippen molar-refractivity contribution in [3.8, 4) is 0 Å². The van der Waals surface area contributed by atoms with E-state index in [0.717, 1.165) is 29.9 Å². The van der Waals surface area contributed by atoms with E-state index < -0.39 is 6.10 Å². The molecule has 2 aromatic rings. The fourth-order valence-electron chi connectivity index (χ4n) is 2.32. The van der Waals surface area contributed by atoms with Gasteiger partial charge in [0, 0.05) is 32.5 Å². The molecule has 1 N–H and O–H groups in total. The Balaban J connectivity index is 2.09. The molecule has 4 heteroatoms. The molecule has 1 atom stereocenters. The number of aliphatic hydroxyl groups is 1. The summed E-state index contributed by atoms with van der Waals surface area (Å²) in [5.74, 6) is 0.927. The van der Waals surface area contributed by atoms with E-state index in [2.05, 4.69) is 16.5 Å². The van der Waals surface area contributed by atoms with E-state index in [1.165, 1.54) is 0 Å². The molecule has 0 radical (unpaired) electrons. The standard InChI is InChI=1S/C16H22N2O2/c1-3-8-18-9-7-17-16(18)11-15(19)14-6-4-5-13(10-14)12-20-2/h4-7,9-10,15,19H,3,8,11-12H2,1-2H3. The fraction of sp³-hybridized carbons (Fsp3) is 0.438. The van der Waals surface area contributed by atoms with Crippen LogP contribution in [0.4, 0.5) is 0 Å². The molecule has 0 amide bonds. The number of aliphatic hydroxyl groups excluding tert-OH is 1. The van der Waals surface area contributed by atoms with Crippen molar-refractivity contribution in [1.82, 2.24) is 9.55 Å². The molecule has 2 rings (SSSR count). The zero-order valence-electron chi connectivity index (χ0n) is 12.1. The van der Waals surface area contributed by atoms with Crippen molar-refractivity contribution in [2.75, 3.05) is 7.11 Å². The van der Waals surface area contributed by atoms with Gasteiger partial charge in [0.05, 0.1) is 12.7 Å². The number of hydrogen-bond acceptors (Lipinski definition) is 3. The molecule has 0 bridgehead atoms. The summed E-state index contributed by atoms with van der Waals surface area (Å²) in [6.45, 7) is 3.63. The predicted octanol–water partition coefficient (Wildman–Crippen LogP) is 2.72. The Kier molecular flexibility index (Phi) is 5.32. The summed E-state index contributed by atoms with van der Waals surface area (Å²) in [4.78, 5) is 4.34. The first-order valence-corrected chi connectivity index (χ1v) is 7.00. The van der Waals surface area contributed by atoms with E-state index in [-0.39, 0.29) is 0 Å². The van der Waals surface area contributed by atoms with Crippen LogP contribution in [0.3, 0.4) is 0 Å². The molecule has 1 aromatic carbocycles. The molecule has 0 aliphatic carbocycles. The van der Waals surface area contributed by atoms with Crippen LogP contribution in [0.15, 0.2) is 36.7 Å². The second-order valence-corrected chi connectivity index (χ2v) is 4.93. The molecule has 1 heterocycles. The molecular formula is C16H22N2O2. The molecule has 0 fully saturated rings. The van der Waals surface area contributed by atoms with E-state index in [4.69, 9.17) is 4.74 Å². The van der Waals surface area contributed by atoms with Gasteiger partial charge in [0.2, 0.25) is 0 Å². The number of aryl methyl sites for hydroxylation is 1. The lowest BCUT2D eigenvalue weighted by atomic mass is 10.0. The van der Waals surface area contributed by atoms with Crippen molar-refractivity contribution in [2.45, 2.75) is 39.0 Å². The van der Waals surface area contributed by atoms with Crippen molar-refractivity contribution in [2.24, 2.45) is 0 Å². The van der Waals surface area contributed by atoms with Crippen LogP contribution in [0.25, 0.3) is 0 Å². The number of rotatable bonds is 7. The third kappa shape index (κ3) is 3.68. The third-order valence-electron chi connectivity index (χ3n) is 3.29. The maximum atomic E-state index is 10.4. The van der Waals surface area contributed by atoms with E-state index in [1.807, 2.05) is 30.5 Å². The highest BCUT2D eigenvalue weighted by molar-refractivity contribution is 5.25. The zero-order valence-corrected chi connectivity index (χ0v) is 12.1. The number of aromatic nitrogens is 2. The second-order valence-electron chi connectivity index (χ2n) is 4.93. The molecule has 1 unspecified atom stereocenters. The Labute approximate surface area is 120 Å². The highest BCUT2D eigenvalue weighted by Gasteiger charge is 2.12. The van der Waals surface area contributed by atoms with Crippen molar-refractivity contribution in [3.63, 3.8) is 0 Å². The number of ether oxygens (including phenoxy) is 1. The molecule has 108 valence electrons. The van der Waals surface area contributed by atoms with Crippen LogP contribution < -0.4 is 0 Å². The average molecular weight is 274 g/mol. The van der Waals surface area contributed by atoms with Gasteiger partial charge in [0.1, 0.15) is 5.82 Å². The normalized spacial score (nSPS) is 12.6. The van der Waals surface area contributed by atoms with Gasteiger partial charge in [-0.3, -0.25) is 0 Å². The minimum absolute atomic E-state index is 0.531. The SMILES string of the molecule is CCCn1ccnc1CC(O)c1cccc(COC)c1.